The minimum Gasteiger partial charge on any atom is -0.496 e. The van der Waals surface area contributed by atoms with E-state index in [2.05, 4.69) is 56.2 Å². The van der Waals surface area contributed by atoms with E-state index in [-0.39, 0.29) is 0 Å². The summed E-state index contributed by atoms with van der Waals surface area (Å²) >= 11 is 6.99. The lowest BCUT2D eigenvalue weighted by Crippen LogP contribution is -2.02. The third-order valence-corrected chi connectivity index (χ3v) is 3.99. The Morgan fingerprint density at radius 3 is 2.58 bits per heavy atom. The maximum atomic E-state index is 5.38. The molecule has 0 aliphatic heterocycles. The largest absolute Gasteiger partial charge is 0.496 e. The van der Waals surface area contributed by atoms with Crippen LogP contribution in [0.25, 0.3) is 0 Å². The van der Waals surface area contributed by atoms with Gasteiger partial charge in [0.1, 0.15) is 5.75 Å². The Hall–Kier alpha value is -1.000. The van der Waals surface area contributed by atoms with Crippen LogP contribution in [-0.2, 0) is 6.54 Å². The monoisotopic (exact) mass is 383 g/mol. The van der Waals surface area contributed by atoms with E-state index in [1.54, 1.807) is 7.11 Å². The van der Waals surface area contributed by atoms with Crippen molar-refractivity contribution >= 4 is 37.5 Å². The van der Waals surface area contributed by atoms with E-state index in [1.807, 2.05) is 24.3 Å². The fraction of sp³-hybridized carbons (Fsp3) is 0.200. The second-order valence-corrected chi connectivity index (χ2v) is 6.06. The fourth-order valence-corrected chi connectivity index (χ4v) is 3.06. The first-order valence-corrected chi connectivity index (χ1v) is 7.51. The highest BCUT2D eigenvalue weighted by molar-refractivity contribution is 9.11. The van der Waals surface area contributed by atoms with Crippen LogP contribution in [0.3, 0.4) is 0 Å². The van der Waals surface area contributed by atoms with Crippen LogP contribution in [0.1, 0.15) is 11.1 Å². The Morgan fingerprint density at radius 2 is 1.89 bits per heavy atom. The first-order valence-electron chi connectivity index (χ1n) is 5.92. The van der Waals surface area contributed by atoms with Crippen molar-refractivity contribution in [3.05, 3.63) is 56.5 Å². The number of halogens is 2. The molecule has 0 saturated heterocycles. The van der Waals surface area contributed by atoms with E-state index >= 15 is 0 Å². The van der Waals surface area contributed by atoms with Crippen LogP contribution < -0.4 is 10.1 Å². The van der Waals surface area contributed by atoms with Crippen LogP contribution in [0.2, 0.25) is 0 Å². The van der Waals surface area contributed by atoms with Crippen molar-refractivity contribution in [3.8, 4) is 5.75 Å². The Balaban J connectivity index is 2.16. The molecule has 0 unspecified atom stereocenters. The van der Waals surface area contributed by atoms with Crippen molar-refractivity contribution in [2.24, 2.45) is 0 Å². The number of hydrogen-bond acceptors (Lipinski definition) is 2. The molecular weight excluding hydrogens is 370 g/mol. The Morgan fingerprint density at radius 1 is 1.11 bits per heavy atom. The summed E-state index contributed by atoms with van der Waals surface area (Å²) in [5.74, 6) is 0.909. The minimum absolute atomic E-state index is 0.727. The molecule has 2 aromatic rings. The van der Waals surface area contributed by atoms with E-state index in [0.717, 1.165) is 32.5 Å². The Kier molecular flexibility index (Phi) is 4.88. The van der Waals surface area contributed by atoms with Crippen LogP contribution in [0, 0.1) is 6.92 Å². The number of anilines is 1. The molecule has 0 aliphatic carbocycles. The average Bonchev–Trinajstić information content (AvgIpc) is 2.38. The van der Waals surface area contributed by atoms with E-state index in [0.29, 0.717) is 0 Å². The lowest BCUT2D eigenvalue weighted by molar-refractivity contribution is 0.410. The van der Waals surface area contributed by atoms with E-state index in [4.69, 9.17) is 4.74 Å². The summed E-state index contributed by atoms with van der Waals surface area (Å²) in [6.07, 6.45) is 0. The zero-order valence-corrected chi connectivity index (χ0v) is 14.0. The molecule has 2 rings (SSSR count). The summed E-state index contributed by atoms with van der Waals surface area (Å²) in [4.78, 5) is 0. The van der Waals surface area contributed by atoms with Gasteiger partial charge in [-0.05, 0) is 47.1 Å². The summed E-state index contributed by atoms with van der Waals surface area (Å²) in [6, 6.07) is 12.3. The lowest BCUT2D eigenvalue weighted by atomic mass is 10.1. The van der Waals surface area contributed by atoms with Gasteiger partial charge >= 0.3 is 0 Å². The van der Waals surface area contributed by atoms with Crippen molar-refractivity contribution in [2.75, 3.05) is 12.4 Å². The second-order valence-electron chi connectivity index (χ2n) is 4.29. The SMILES string of the molecule is COc1ccc(C)cc1CNc1ccc(Br)cc1Br. The Bertz CT molecular complexity index is 584. The zero-order valence-electron chi connectivity index (χ0n) is 10.8. The maximum absolute atomic E-state index is 5.38. The normalized spacial score (nSPS) is 10.3. The molecule has 2 nitrogen and oxygen atoms in total. The van der Waals surface area contributed by atoms with Crippen LogP contribution in [-0.4, -0.2) is 7.11 Å². The molecule has 4 heteroatoms. The van der Waals surface area contributed by atoms with Crippen LogP contribution in [0.15, 0.2) is 45.3 Å². The predicted molar refractivity (Wildman–Crippen MR) is 86.9 cm³/mol. The van der Waals surface area contributed by atoms with E-state index in [9.17, 15) is 0 Å². The number of benzene rings is 2. The van der Waals surface area contributed by atoms with Gasteiger partial charge in [-0.2, -0.15) is 0 Å². The summed E-state index contributed by atoms with van der Waals surface area (Å²) in [7, 11) is 1.70. The zero-order chi connectivity index (χ0) is 13.8. The number of rotatable bonds is 4. The standard InChI is InChI=1S/C15H15Br2NO/c1-10-3-6-15(19-2)11(7-10)9-18-14-5-4-12(16)8-13(14)17/h3-8,18H,9H2,1-2H3. The van der Waals surface area contributed by atoms with Crippen molar-refractivity contribution < 1.29 is 4.74 Å². The van der Waals surface area contributed by atoms with Gasteiger partial charge in [-0.25, -0.2) is 0 Å². The molecule has 0 bridgehead atoms. The van der Waals surface area contributed by atoms with Gasteiger partial charge < -0.3 is 10.1 Å². The smallest absolute Gasteiger partial charge is 0.123 e. The van der Waals surface area contributed by atoms with Gasteiger partial charge in [0.2, 0.25) is 0 Å². The molecule has 0 radical (unpaired) electrons. The van der Waals surface area contributed by atoms with Gasteiger partial charge in [0.25, 0.3) is 0 Å². The second kappa shape index (κ2) is 6.44. The highest BCUT2D eigenvalue weighted by Crippen LogP contribution is 2.27. The molecule has 0 spiro atoms. The summed E-state index contributed by atoms with van der Waals surface area (Å²) in [5.41, 5.74) is 3.44. The van der Waals surface area contributed by atoms with E-state index in [1.165, 1.54) is 5.56 Å². The number of hydrogen-bond donors (Lipinski definition) is 1. The highest BCUT2D eigenvalue weighted by atomic mass is 79.9. The Labute approximate surface area is 130 Å². The number of methoxy groups -OCH3 is 1. The molecule has 0 amide bonds. The van der Waals surface area contributed by atoms with Crippen molar-refractivity contribution in [1.29, 1.82) is 0 Å². The molecule has 100 valence electrons. The molecule has 19 heavy (non-hydrogen) atoms. The van der Waals surface area contributed by atoms with Gasteiger partial charge in [-0.15, -0.1) is 0 Å². The quantitative estimate of drug-likeness (QED) is 0.787. The van der Waals surface area contributed by atoms with Gasteiger partial charge in [0.15, 0.2) is 0 Å². The number of nitrogens with one attached hydrogen (secondary N) is 1. The molecule has 0 fully saturated rings. The topological polar surface area (TPSA) is 21.3 Å². The summed E-state index contributed by atoms with van der Waals surface area (Å²) < 4.78 is 7.47. The summed E-state index contributed by atoms with van der Waals surface area (Å²) in [6.45, 7) is 2.81. The van der Waals surface area contributed by atoms with Gasteiger partial charge in [0, 0.05) is 26.7 Å². The third-order valence-electron chi connectivity index (χ3n) is 2.84. The molecule has 0 atom stereocenters. The first-order chi connectivity index (χ1) is 9.10. The fourth-order valence-electron chi connectivity index (χ4n) is 1.87. The molecule has 1 N–H and O–H groups in total. The van der Waals surface area contributed by atoms with Crippen molar-refractivity contribution in [1.82, 2.24) is 0 Å². The van der Waals surface area contributed by atoms with Crippen molar-refractivity contribution in [2.45, 2.75) is 13.5 Å². The van der Waals surface area contributed by atoms with E-state index < -0.39 is 0 Å². The van der Waals surface area contributed by atoms with Crippen LogP contribution >= 0.6 is 31.9 Å². The number of ether oxygens (including phenoxy) is 1. The van der Waals surface area contributed by atoms with Crippen LogP contribution in [0.4, 0.5) is 5.69 Å². The third kappa shape index (κ3) is 3.74. The van der Waals surface area contributed by atoms with Gasteiger partial charge in [-0.1, -0.05) is 33.6 Å². The molecule has 2 aromatic carbocycles. The molecule has 0 heterocycles. The van der Waals surface area contributed by atoms with Gasteiger partial charge in [-0.3, -0.25) is 0 Å². The van der Waals surface area contributed by atoms with Gasteiger partial charge in [0.05, 0.1) is 7.11 Å². The average molecular weight is 385 g/mol. The predicted octanol–water partition coefficient (Wildman–Crippen LogP) is 5.14. The molecule has 0 saturated carbocycles. The maximum Gasteiger partial charge on any atom is 0.123 e. The van der Waals surface area contributed by atoms with Crippen molar-refractivity contribution in [3.63, 3.8) is 0 Å². The first kappa shape index (κ1) is 14.4. The molecular formula is C15H15Br2NO. The lowest BCUT2D eigenvalue weighted by Gasteiger charge is -2.12. The molecule has 0 aromatic heterocycles. The highest BCUT2D eigenvalue weighted by Gasteiger charge is 2.05. The minimum atomic E-state index is 0.727. The molecule has 0 aliphatic rings. The van der Waals surface area contributed by atoms with Crippen LogP contribution in [0.5, 0.6) is 5.75 Å². The number of aryl methyl sites for hydroxylation is 1. The summed E-state index contributed by atoms with van der Waals surface area (Å²) in [5, 5.41) is 3.41.